The number of piperidine rings is 1. The third-order valence-corrected chi connectivity index (χ3v) is 5.96. The number of likely N-dealkylation sites (tertiary alicyclic amines) is 1. The summed E-state index contributed by atoms with van der Waals surface area (Å²) in [5, 5.41) is 11.9. The highest BCUT2D eigenvalue weighted by atomic mass is 35.5. The summed E-state index contributed by atoms with van der Waals surface area (Å²) in [6.45, 7) is 3.21. The van der Waals surface area contributed by atoms with Crippen LogP contribution < -0.4 is 9.80 Å². The number of benzene rings is 2. The van der Waals surface area contributed by atoms with Gasteiger partial charge in [-0.2, -0.15) is 0 Å². The minimum atomic E-state index is -0.979. The minimum absolute atomic E-state index is 0. The lowest BCUT2D eigenvalue weighted by molar-refractivity contribution is 0.0546. The SMILES string of the molecule is CN(C)c1ccc(C(O)(CCN2CCCCC2)c2ccc(N(C)C)cc2)cc1.Cl.Cl.Cl. The molecule has 0 atom stereocenters. The Balaban J connectivity index is 0.00000300. The first-order valence-electron chi connectivity index (χ1n) is 10.4. The van der Waals surface area contributed by atoms with Crippen molar-refractivity contribution in [2.24, 2.45) is 0 Å². The fourth-order valence-electron chi connectivity index (χ4n) is 4.03. The maximum absolute atomic E-state index is 11.9. The van der Waals surface area contributed by atoms with Crippen LogP contribution in [-0.4, -0.2) is 57.8 Å². The number of rotatable bonds is 7. The van der Waals surface area contributed by atoms with Crippen LogP contribution >= 0.6 is 37.2 Å². The van der Waals surface area contributed by atoms with Gasteiger partial charge in [0, 0.05) is 46.1 Å². The highest BCUT2D eigenvalue weighted by Crippen LogP contribution is 2.35. The van der Waals surface area contributed by atoms with Crippen molar-refractivity contribution in [2.45, 2.75) is 31.3 Å². The van der Waals surface area contributed by atoms with Gasteiger partial charge in [-0.25, -0.2) is 0 Å². The average Bonchev–Trinajstić information content (AvgIpc) is 2.73. The summed E-state index contributed by atoms with van der Waals surface area (Å²) in [5.74, 6) is 0. The number of anilines is 2. The molecule has 1 aliphatic rings. The predicted molar refractivity (Wildman–Crippen MR) is 141 cm³/mol. The monoisotopic (exact) mass is 489 g/mol. The molecular weight excluding hydrogens is 453 g/mol. The van der Waals surface area contributed by atoms with Gasteiger partial charge in [0.2, 0.25) is 0 Å². The van der Waals surface area contributed by atoms with E-state index in [1.165, 1.54) is 19.3 Å². The van der Waals surface area contributed by atoms with Crippen LogP contribution in [0, 0.1) is 0 Å². The number of nitrogens with zero attached hydrogens (tertiary/aromatic N) is 3. The average molecular weight is 491 g/mol. The second kappa shape index (κ2) is 13.4. The molecule has 31 heavy (non-hydrogen) atoms. The van der Waals surface area contributed by atoms with Gasteiger partial charge in [-0.05, 0) is 67.7 Å². The summed E-state index contributed by atoms with van der Waals surface area (Å²) in [7, 11) is 8.16. The van der Waals surface area contributed by atoms with E-state index in [1.54, 1.807) is 0 Å². The second-order valence-corrected chi connectivity index (χ2v) is 8.40. The zero-order valence-corrected chi connectivity index (χ0v) is 21.5. The highest BCUT2D eigenvalue weighted by Gasteiger charge is 2.32. The lowest BCUT2D eigenvalue weighted by Gasteiger charge is -2.34. The van der Waals surface area contributed by atoms with Gasteiger partial charge in [0.1, 0.15) is 5.60 Å². The van der Waals surface area contributed by atoms with E-state index in [1.807, 2.05) is 28.2 Å². The first-order valence-corrected chi connectivity index (χ1v) is 10.4. The van der Waals surface area contributed by atoms with E-state index in [9.17, 15) is 5.11 Å². The maximum Gasteiger partial charge on any atom is 0.116 e. The standard InChI is InChI=1S/C24H35N3O.3ClH/c1-25(2)22-12-8-20(9-13-22)24(28,16-19-27-17-6-5-7-18-27)21-10-14-23(15-11-21)26(3)4;;;/h8-15,28H,5-7,16-19H2,1-4H3;3*1H. The Morgan fingerprint density at radius 2 is 1.10 bits per heavy atom. The topological polar surface area (TPSA) is 30.0 Å². The summed E-state index contributed by atoms with van der Waals surface area (Å²) in [5.41, 5.74) is 3.24. The molecule has 1 saturated heterocycles. The summed E-state index contributed by atoms with van der Waals surface area (Å²) in [6.07, 6.45) is 4.58. The first-order chi connectivity index (χ1) is 13.4. The fraction of sp³-hybridized carbons (Fsp3) is 0.500. The van der Waals surface area contributed by atoms with Gasteiger partial charge >= 0.3 is 0 Å². The van der Waals surface area contributed by atoms with E-state index in [0.717, 1.165) is 42.1 Å². The van der Waals surface area contributed by atoms with E-state index < -0.39 is 5.60 Å². The molecule has 0 unspecified atom stereocenters. The van der Waals surface area contributed by atoms with Crippen molar-refractivity contribution in [2.75, 3.05) is 57.6 Å². The molecular formula is C24H38Cl3N3O. The summed E-state index contributed by atoms with van der Waals surface area (Å²) in [6, 6.07) is 16.7. The molecule has 2 aromatic rings. The Morgan fingerprint density at radius 1 is 0.710 bits per heavy atom. The van der Waals surface area contributed by atoms with Crippen molar-refractivity contribution in [1.29, 1.82) is 0 Å². The molecule has 0 aliphatic carbocycles. The molecule has 4 nitrogen and oxygen atoms in total. The molecule has 0 spiro atoms. The van der Waals surface area contributed by atoms with Crippen LogP contribution in [0.5, 0.6) is 0 Å². The van der Waals surface area contributed by atoms with Gasteiger partial charge in [0.05, 0.1) is 0 Å². The Bertz CT molecular complexity index is 694. The van der Waals surface area contributed by atoms with Gasteiger partial charge in [0.25, 0.3) is 0 Å². The molecule has 0 saturated carbocycles. The molecule has 3 rings (SSSR count). The Labute approximate surface area is 206 Å². The van der Waals surface area contributed by atoms with Gasteiger partial charge < -0.3 is 19.8 Å². The summed E-state index contributed by atoms with van der Waals surface area (Å²) in [4.78, 5) is 6.67. The molecule has 0 aromatic heterocycles. The van der Waals surface area contributed by atoms with Crippen LogP contribution in [0.25, 0.3) is 0 Å². The van der Waals surface area contributed by atoms with Crippen molar-refractivity contribution >= 4 is 48.6 Å². The Morgan fingerprint density at radius 3 is 1.45 bits per heavy atom. The molecule has 176 valence electrons. The second-order valence-electron chi connectivity index (χ2n) is 8.40. The lowest BCUT2D eigenvalue weighted by Crippen LogP contribution is -2.37. The molecule has 7 heteroatoms. The summed E-state index contributed by atoms with van der Waals surface area (Å²) < 4.78 is 0. The van der Waals surface area contributed by atoms with Crippen LogP contribution in [0.1, 0.15) is 36.8 Å². The molecule has 1 fully saturated rings. The van der Waals surface area contributed by atoms with Crippen molar-refractivity contribution in [3.63, 3.8) is 0 Å². The van der Waals surface area contributed by atoms with Crippen molar-refractivity contribution < 1.29 is 5.11 Å². The van der Waals surface area contributed by atoms with Crippen LogP contribution in [0.3, 0.4) is 0 Å². The quantitative estimate of drug-likeness (QED) is 0.578. The van der Waals surface area contributed by atoms with Gasteiger partial charge in [-0.15, -0.1) is 37.2 Å². The van der Waals surface area contributed by atoms with Crippen molar-refractivity contribution in [3.05, 3.63) is 59.7 Å². The Kier molecular flexibility index (Phi) is 12.9. The molecule has 0 bridgehead atoms. The normalized spacial score (nSPS) is 14.0. The lowest BCUT2D eigenvalue weighted by atomic mass is 9.83. The van der Waals surface area contributed by atoms with Crippen LogP contribution in [0.4, 0.5) is 11.4 Å². The number of hydrogen-bond acceptors (Lipinski definition) is 4. The molecule has 1 N–H and O–H groups in total. The maximum atomic E-state index is 11.9. The summed E-state index contributed by atoms with van der Waals surface area (Å²) >= 11 is 0. The molecule has 0 amide bonds. The number of hydrogen-bond donors (Lipinski definition) is 1. The van der Waals surface area contributed by atoms with Crippen molar-refractivity contribution in [1.82, 2.24) is 4.90 Å². The van der Waals surface area contributed by atoms with Gasteiger partial charge in [0.15, 0.2) is 0 Å². The molecule has 0 radical (unpaired) electrons. The third kappa shape index (κ3) is 7.44. The van der Waals surface area contributed by atoms with E-state index in [4.69, 9.17) is 0 Å². The zero-order valence-electron chi connectivity index (χ0n) is 19.1. The minimum Gasteiger partial charge on any atom is -0.380 e. The zero-order chi connectivity index (χ0) is 20.1. The number of halogens is 3. The Hall–Kier alpha value is -1.17. The van der Waals surface area contributed by atoms with Gasteiger partial charge in [-0.1, -0.05) is 30.7 Å². The molecule has 1 aliphatic heterocycles. The smallest absolute Gasteiger partial charge is 0.116 e. The van der Waals surface area contributed by atoms with E-state index in [2.05, 4.69) is 63.2 Å². The van der Waals surface area contributed by atoms with E-state index in [-0.39, 0.29) is 37.2 Å². The third-order valence-electron chi connectivity index (χ3n) is 5.96. The molecule has 1 heterocycles. The van der Waals surface area contributed by atoms with Crippen molar-refractivity contribution in [3.8, 4) is 0 Å². The fourth-order valence-corrected chi connectivity index (χ4v) is 4.03. The predicted octanol–water partition coefficient (Wildman–Crippen LogP) is 5.20. The van der Waals surface area contributed by atoms with Gasteiger partial charge in [-0.3, -0.25) is 0 Å². The first kappa shape index (κ1) is 29.8. The van der Waals surface area contributed by atoms with Crippen LogP contribution in [-0.2, 0) is 5.60 Å². The van der Waals surface area contributed by atoms with Crippen LogP contribution in [0.2, 0.25) is 0 Å². The highest BCUT2D eigenvalue weighted by molar-refractivity contribution is 5.86. The largest absolute Gasteiger partial charge is 0.380 e. The number of aliphatic hydroxyl groups is 1. The van der Waals surface area contributed by atoms with E-state index >= 15 is 0 Å². The van der Waals surface area contributed by atoms with Crippen LogP contribution in [0.15, 0.2) is 48.5 Å². The molecule has 2 aromatic carbocycles. The van der Waals surface area contributed by atoms with E-state index in [0.29, 0.717) is 6.42 Å².